The van der Waals surface area contributed by atoms with Crippen LogP contribution in [0.5, 0.6) is 0 Å². The molecule has 0 unspecified atom stereocenters. The molecule has 1 aromatic rings. The SMILES string of the molecule is CNc1bccc(NC)c1NC. The zero-order valence-electron chi connectivity index (χ0n) is 7.73. The fourth-order valence-corrected chi connectivity index (χ4v) is 1.24. The zero-order valence-corrected chi connectivity index (χ0v) is 7.73. The maximum atomic E-state index is 3.14. The van der Waals surface area contributed by atoms with E-state index < -0.39 is 0 Å². The van der Waals surface area contributed by atoms with Crippen molar-refractivity contribution in [3.63, 3.8) is 0 Å². The molecule has 64 valence electrons. The summed E-state index contributed by atoms with van der Waals surface area (Å²) in [5.41, 5.74) is 3.30. The van der Waals surface area contributed by atoms with Gasteiger partial charge in [0.15, 0.2) is 0 Å². The Labute approximate surface area is 73.8 Å². The van der Waals surface area contributed by atoms with Gasteiger partial charge in [-0.25, -0.2) is 0 Å². The molecule has 12 heavy (non-hydrogen) atoms. The van der Waals surface area contributed by atoms with Crippen LogP contribution in [0.3, 0.4) is 0 Å². The van der Waals surface area contributed by atoms with Gasteiger partial charge in [-0.3, -0.25) is 0 Å². The van der Waals surface area contributed by atoms with Crippen LogP contribution in [0.2, 0.25) is 0 Å². The molecule has 0 aliphatic heterocycles. The van der Waals surface area contributed by atoms with Crippen molar-refractivity contribution in [2.75, 3.05) is 37.1 Å². The van der Waals surface area contributed by atoms with Crippen molar-refractivity contribution in [3.8, 4) is 0 Å². The minimum atomic E-state index is 1.10. The third kappa shape index (κ3) is 1.52. The van der Waals surface area contributed by atoms with E-state index in [0.717, 1.165) is 17.0 Å². The standard InChI is InChI=1S/C8H14BN3/c1-10-6-4-5-9-8(12-3)7(6)11-2/h4-5,10-12H,1-3H3. The normalized spacial score (nSPS) is 8.92. The van der Waals surface area contributed by atoms with Crippen LogP contribution in [0.4, 0.5) is 17.0 Å². The second-order valence-corrected chi connectivity index (χ2v) is 2.48. The Bertz CT molecular complexity index is 240. The van der Waals surface area contributed by atoms with Crippen LogP contribution in [0, 0.1) is 0 Å². The summed E-state index contributed by atoms with van der Waals surface area (Å²) in [6, 6.07) is 2.03. The molecule has 0 saturated carbocycles. The molecule has 0 amide bonds. The molecule has 0 aliphatic carbocycles. The summed E-state index contributed by atoms with van der Waals surface area (Å²) in [7, 11) is 5.74. The fourth-order valence-electron chi connectivity index (χ4n) is 1.24. The Kier molecular flexibility index (Phi) is 2.97. The molecule has 0 aliphatic rings. The van der Waals surface area contributed by atoms with Crippen molar-refractivity contribution in [2.45, 2.75) is 0 Å². The Balaban J connectivity index is 3.13. The van der Waals surface area contributed by atoms with E-state index in [-0.39, 0.29) is 0 Å². The van der Waals surface area contributed by atoms with E-state index in [4.69, 9.17) is 0 Å². The molecule has 0 bridgehead atoms. The first-order valence-electron chi connectivity index (χ1n) is 3.99. The Morgan fingerprint density at radius 2 is 1.83 bits per heavy atom. The van der Waals surface area contributed by atoms with Gasteiger partial charge in [0.25, 0.3) is 0 Å². The fraction of sp³-hybridized carbons (Fsp3) is 0.375. The number of rotatable bonds is 3. The summed E-state index contributed by atoms with van der Waals surface area (Å²) in [6.45, 7) is 2.03. The topological polar surface area (TPSA) is 36.1 Å². The molecule has 0 spiro atoms. The van der Waals surface area contributed by atoms with Crippen LogP contribution in [0.15, 0.2) is 12.0 Å². The predicted molar refractivity (Wildman–Crippen MR) is 56.4 cm³/mol. The van der Waals surface area contributed by atoms with Gasteiger partial charge >= 0.3 is 73.0 Å². The molecule has 0 atom stereocenters. The molecule has 0 saturated heterocycles. The summed E-state index contributed by atoms with van der Waals surface area (Å²) < 4.78 is 0. The Morgan fingerprint density at radius 1 is 1.08 bits per heavy atom. The first-order valence-corrected chi connectivity index (χ1v) is 3.99. The summed E-state index contributed by atoms with van der Waals surface area (Å²) in [5, 5.41) is 9.38. The number of hydrogen-bond acceptors (Lipinski definition) is 3. The second kappa shape index (κ2) is 4.00. The molecule has 4 heteroatoms. The minimum absolute atomic E-state index is 1.10. The van der Waals surface area contributed by atoms with Gasteiger partial charge in [-0.05, 0) is 0 Å². The van der Waals surface area contributed by atoms with E-state index in [1.54, 1.807) is 0 Å². The summed E-state index contributed by atoms with van der Waals surface area (Å²) in [5.74, 6) is 2.01. The second-order valence-electron chi connectivity index (χ2n) is 2.48. The average molecular weight is 163 g/mol. The van der Waals surface area contributed by atoms with Crippen LogP contribution in [0.1, 0.15) is 0 Å². The van der Waals surface area contributed by atoms with Crippen LogP contribution < -0.4 is 16.0 Å². The molecule has 3 nitrogen and oxygen atoms in total. The van der Waals surface area contributed by atoms with Crippen molar-refractivity contribution >= 4 is 23.9 Å². The zero-order chi connectivity index (χ0) is 8.97. The third-order valence-electron chi connectivity index (χ3n) is 1.85. The van der Waals surface area contributed by atoms with E-state index in [0.29, 0.717) is 0 Å². The predicted octanol–water partition coefficient (Wildman–Crippen LogP) is 1.15. The molecule has 1 heterocycles. The molecular formula is C8H14BN3. The van der Waals surface area contributed by atoms with E-state index in [9.17, 15) is 0 Å². The quantitative estimate of drug-likeness (QED) is 0.625. The van der Waals surface area contributed by atoms with Crippen molar-refractivity contribution in [2.24, 2.45) is 0 Å². The monoisotopic (exact) mass is 163 g/mol. The van der Waals surface area contributed by atoms with E-state index in [1.165, 1.54) is 0 Å². The van der Waals surface area contributed by atoms with Gasteiger partial charge in [-0.15, -0.1) is 0 Å². The molecule has 0 aromatic carbocycles. The van der Waals surface area contributed by atoms with Crippen molar-refractivity contribution in [1.29, 1.82) is 0 Å². The third-order valence-corrected chi connectivity index (χ3v) is 1.85. The van der Waals surface area contributed by atoms with Crippen LogP contribution in [0.25, 0.3) is 0 Å². The van der Waals surface area contributed by atoms with Gasteiger partial charge in [-0.1, -0.05) is 0 Å². The van der Waals surface area contributed by atoms with Crippen molar-refractivity contribution < 1.29 is 0 Å². The van der Waals surface area contributed by atoms with E-state index in [1.807, 2.05) is 40.1 Å². The average Bonchev–Trinajstić information content (AvgIpc) is 2.16. The van der Waals surface area contributed by atoms with E-state index in [2.05, 4.69) is 16.0 Å². The summed E-state index contributed by atoms with van der Waals surface area (Å²) in [4.78, 5) is 0. The van der Waals surface area contributed by atoms with Crippen LogP contribution in [-0.4, -0.2) is 28.1 Å². The molecule has 0 fully saturated rings. The van der Waals surface area contributed by atoms with E-state index >= 15 is 0 Å². The molecule has 1 aromatic heterocycles. The van der Waals surface area contributed by atoms with Gasteiger partial charge in [-0.2, -0.15) is 0 Å². The van der Waals surface area contributed by atoms with Crippen LogP contribution in [-0.2, 0) is 0 Å². The van der Waals surface area contributed by atoms with Gasteiger partial charge in [0.05, 0.1) is 0 Å². The number of hydrogen-bond donors (Lipinski definition) is 3. The van der Waals surface area contributed by atoms with Gasteiger partial charge in [0, 0.05) is 0 Å². The molecule has 3 N–H and O–H groups in total. The Morgan fingerprint density at radius 3 is 2.33 bits per heavy atom. The number of anilines is 3. The van der Waals surface area contributed by atoms with Gasteiger partial charge < -0.3 is 0 Å². The van der Waals surface area contributed by atoms with Gasteiger partial charge in [0.2, 0.25) is 0 Å². The number of nitrogens with one attached hydrogen (secondary N) is 3. The summed E-state index contributed by atoms with van der Waals surface area (Å²) >= 11 is 0. The first kappa shape index (κ1) is 8.91. The van der Waals surface area contributed by atoms with Crippen molar-refractivity contribution in [1.82, 2.24) is 0 Å². The molecular weight excluding hydrogens is 149 g/mol. The summed E-state index contributed by atoms with van der Waals surface area (Å²) in [6.07, 6.45) is 0. The Hall–Kier alpha value is -1.19. The van der Waals surface area contributed by atoms with Crippen LogP contribution >= 0.6 is 0 Å². The molecule has 0 radical (unpaired) electrons. The molecule has 1 rings (SSSR count). The van der Waals surface area contributed by atoms with Crippen molar-refractivity contribution in [3.05, 3.63) is 12.0 Å². The van der Waals surface area contributed by atoms with Gasteiger partial charge in [0.1, 0.15) is 0 Å². The first-order chi connectivity index (χ1) is 5.83. The maximum absolute atomic E-state index is 3.14.